The maximum absolute atomic E-state index is 12.8. The van der Waals surface area contributed by atoms with Gasteiger partial charge in [0.2, 0.25) is 0 Å². The van der Waals surface area contributed by atoms with Gasteiger partial charge in [0.25, 0.3) is 5.91 Å². The maximum Gasteiger partial charge on any atom is 0.275 e. The predicted octanol–water partition coefficient (Wildman–Crippen LogP) is 3.33. The quantitative estimate of drug-likeness (QED) is 0.652. The summed E-state index contributed by atoms with van der Waals surface area (Å²) in [4.78, 5) is 23.8. The zero-order valence-electron chi connectivity index (χ0n) is 13.0. The highest BCUT2D eigenvalue weighted by molar-refractivity contribution is 5.94. The van der Waals surface area contributed by atoms with Gasteiger partial charge in [0.05, 0.1) is 6.20 Å². The van der Waals surface area contributed by atoms with Crippen LogP contribution in [0.3, 0.4) is 0 Å². The molecule has 0 aliphatic rings. The molecule has 6 nitrogen and oxygen atoms in total. The number of pyridine rings is 2. The summed E-state index contributed by atoms with van der Waals surface area (Å²) in [5.74, 6) is -0.445. The summed E-state index contributed by atoms with van der Waals surface area (Å²) in [6, 6.07) is 6.60. The first kappa shape index (κ1) is 17.0. The number of allylic oxidation sites excluding steroid dienone is 2. The van der Waals surface area contributed by atoms with Gasteiger partial charge < -0.3 is 10.1 Å². The third-order valence-electron chi connectivity index (χ3n) is 2.73. The lowest BCUT2D eigenvalue weighted by molar-refractivity contribution is 0.0960. The molecule has 0 saturated carbocycles. The number of carbonyl (C=O) groups is 1. The Labute approximate surface area is 138 Å². The number of nitrogens with zero attached hydrogens (tertiary/aromatic N) is 3. The summed E-state index contributed by atoms with van der Waals surface area (Å²) in [6.07, 6.45) is 4.12. The molecule has 0 fully saturated rings. The monoisotopic (exact) mass is 326 g/mol. The van der Waals surface area contributed by atoms with Gasteiger partial charge in [0.15, 0.2) is 0 Å². The van der Waals surface area contributed by atoms with Crippen LogP contribution in [0.5, 0.6) is 11.5 Å². The molecule has 122 valence electrons. The number of aromatic nitrogens is 2. The SMILES string of the molecule is C=N/C(=C\C(=C)F)NC(=O)c1cc(Oc2cccnc2)cc(C)n1. The summed E-state index contributed by atoms with van der Waals surface area (Å²) in [5.41, 5.74) is 0.668. The molecule has 2 heterocycles. The number of hydrogen-bond donors (Lipinski definition) is 1. The van der Waals surface area contributed by atoms with Gasteiger partial charge in [-0.25, -0.2) is 14.4 Å². The zero-order valence-corrected chi connectivity index (χ0v) is 13.0. The lowest BCUT2D eigenvalue weighted by Gasteiger charge is -2.09. The molecule has 0 aliphatic heterocycles. The molecule has 24 heavy (non-hydrogen) atoms. The first-order valence-corrected chi connectivity index (χ1v) is 6.88. The number of nitrogens with one attached hydrogen (secondary N) is 1. The number of hydrogen-bond acceptors (Lipinski definition) is 5. The van der Waals surface area contributed by atoms with Crippen molar-refractivity contribution in [1.29, 1.82) is 0 Å². The maximum atomic E-state index is 12.8. The van der Waals surface area contributed by atoms with Crippen molar-refractivity contribution in [2.75, 3.05) is 0 Å². The van der Waals surface area contributed by atoms with Crippen LogP contribution in [0.4, 0.5) is 4.39 Å². The van der Waals surface area contributed by atoms with Crippen molar-refractivity contribution in [3.8, 4) is 11.5 Å². The Bertz CT molecular complexity index is 803. The van der Waals surface area contributed by atoms with Crippen molar-refractivity contribution < 1.29 is 13.9 Å². The highest BCUT2D eigenvalue weighted by atomic mass is 19.1. The number of halogens is 1. The number of carbonyl (C=O) groups excluding carboxylic acids is 1. The molecule has 0 spiro atoms. The van der Waals surface area contributed by atoms with Crippen LogP contribution in [0.2, 0.25) is 0 Å². The van der Waals surface area contributed by atoms with Crippen molar-refractivity contribution in [2.24, 2.45) is 4.99 Å². The fraction of sp³-hybridized carbons (Fsp3) is 0.0588. The molecule has 0 unspecified atom stereocenters. The van der Waals surface area contributed by atoms with Crippen LogP contribution in [0.1, 0.15) is 16.2 Å². The van der Waals surface area contributed by atoms with E-state index >= 15 is 0 Å². The number of rotatable bonds is 6. The molecule has 2 rings (SSSR count). The Morgan fingerprint density at radius 3 is 2.83 bits per heavy atom. The van der Waals surface area contributed by atoms with Gasteiger partial charge >= 0.3 is 0 Å². The standard InChI is InChI=1S/C17H15FN4O2/c1-11(18)7-16(19-3)22-17(23)15-9-14(8-12(2)21-15)24-13-5-4-6-20-10-13/h4-10H,1,3H2,2H3,(H,22,23)/b16-7+. The fourth-order valence-electron chi connectivity index (χ4n) is 1.81. The highest BCUT2D eigenvalue weighted by Crippen LogP contribution is 2.21. The minimum Gasteiger partial charge on any atom is -0.456 e. The van der Waals surface area contributed by atoms with Crippen molar-refractivity contribution >= 4 is 12.6 Å². The Morgan fingerprint density at radius 2 is 2.21 bits per heavy atom. The summed E-state index contributed by atoms with van der Waals surface area (Å²) in [5, 5.41) is 2.39. The normalized spacial score (nSPS) is 10.8. The number of aliphatic imine (C=N–C) groups is 1. The van der Waals surface area contributed by atoms with E-state index in [9.17, 15) is 9.18 Å². The molecular weight excluding hydrogens is 311 g/mol. The average molecular weight is 326 g/mol. The second kappa shape index (κ2) is 7.77. The molecule has 2 aromatic heterocycles. The third kappa shape index (κ3) is 4.84. The van der Waals surface area contributed by atoms with Crippen molar-refractivity contribution in [1.82, 2.24) is 15.3 Å². The fourth-order valence-corrected chi connectivity index (χ4v) is 1.81. The summed E-state index contributed by atoms with van der Waals surface area (Å²) >= 11 is 0. The van der Waals surface area contributed by atoms with E-state index in [0.29, 0.717) is 17.2 Å². The Hall–Kier alpha value is -3.35. The van der Waals surface area contributed by atoms with Crippen LogP contribution in [0.15, 0.2) is 66.0 Å². The largest absolute Gasteiger partial charge is 0.456 e. The molecule has 0 saturated heterocycles. The van der Waals surface area contributed by atoms with Gasteiger partial charge in [-0.3, -0.25) is 9.78 Å². The van der Waals surface area contributed by atoms with E-state index in [1.54, 1.807) is 37.5 Å². The van der Waals surface area contributed by atoms with Crippen LogP contribution >= 0.6 is 0 Å². The van der Waals surface area contributed by atoms with E-state index in [1.165, 1.54) is 6.07 Å². The van der Waals surface area contributed by atoms with Gasteiger partial charge in [-0.1, -0.05) is 6.58 Å². The molecular formula is C17H15FN4O2. The van der Waals surface area contributed by atoms with Crippen LogP contribution in [-0.2, 0) is 0 Å². The minimum absolute atomic E-state index is 0.0643. The van der Waals surface area contributed by atoms with Crippen LogP contribution in [-0.4, -0.2) is 22.6 Å². The molecule has 0 aliphatic carbocycles. The number of aryl methyl sites for hydroxylation is 1. The highest BCUT2D eigenvalue weighted by Gasteiger charge is 2.12. The van der Waals surface area contributed by atoms with Crippen LogP contribution < -0.4 is 10.1 Å². The molecule has 1 N–H and O–H groups in total. The first-order chi connectivity index (χ1) is 11.5. The first-order valence-electron chi connectivity index (χ1n) is 6.88. The second-order valence-corrected chi connectivity index (χ2v) is 4.71. The van der Waals surface area contributed by atoms with Gasteiger partial charge in [-0.05, 0) is 25.8 Å². The lowest BCUT2D eigenvalue weighted by atomic mass is 10.2. The molecule has 0 atom stereocenters. The van der Waals surface area contributed by atoms with E-state index in [1.807, 2.05) is 0 Å². The Balaban J connectivity index is 2.22. The van der Waals surface area contributed by atoms with Crippen molar-refractivity contribution in [3.63, 3.8) is 0 Å². The van der Waals surface area contributed by atoms with Gasteiger partial charge in [-0.2, -0.15) is 0 Å². The van der Waals surface area contributed by atoms with E-state index in [4.69, 9.17) is 4.74 Å². The summed E-state index contributed by atoms with van der Waals surface area (Å²) in [6.45, 7) is 8.05. The van der Waals surface area contributed by atoms with E-state index < -0.39 is 11.7 Å². The van der Waals surface area contributed by atoms with Crippen LogP contribution in [0.25, 0.3) is 0 Å². The lowest BCUT2D eigenvalue weighted by Crippen LogP contribution is -2.23. The van der Waals surface area contributed by atoms with Crippen LogP contribution in [0, 0.1) is 6.92 Å². The van der Waals surface area contributed by atoms with Gasteiger partial charge in [-0.15, -0.1) is 0 Å². The topological polar surface area (TPSA) is 76.5 Å². The zero-order chi connectivity index (χ0) is 17.5. The summed E-state index contributed by atoms with van der Waals surface area (Å²) in [7, 11) is 0. The molecule has 7 heteroatoms. The smallest absolute Gasteiger partial charge is 0.275 e. The Kier molecular flexibility index (Phi) is 5.51. The number of ether oxygens (including phenoxy) is 1. The molecule has 2 aromatic rings. The minimum atomic E-state index is -0.754. The summed E-state index contributed by atoms with van der Waals surface area (Å²) < 4.78 is 18.4. The Morgan fingerprint density at radius 1 is 1.42 bits per heavy atom. The average Bonchev–Trinajstić information content (AvgIpc) is 2.54. The third-order valence-corrected chi connectivity index (χ3v) is 2.73. The second-order valence-electron chi connectivity index (χ2n) is 4.71. The van der Waals surface area contributed by atoms with Crippen molar-refractivity contribution in [3.05, 3.63) is 72.3 Å². The number of amides is 1. The molecule has 0 radical (unpaired) electrons. The predicted molar refractivity (Wildman–Crippen MR) is 88.6 cm³/mol. The van der Waals surface area contributed by atoms with E-state index in [2.05, 4.69) is 33.6 Å². The molecule has 0 bridgehead atoms. The molecule has 0 aromatic carbocycles. The molecule has 1 amide bonds. The van der Waals surface area contributed by atoms with Gasteiger partial charge in [0, 0.05) is 30.1 Å². The van der Waals surface area contributed by atoms with E-state index in [0.717, 1.165) is 6.08 Å². The van der Waals surface area contributed by atoms with Gasteiger partial charge in [0.1, 0.15) is 28.8 Å². The van der Waals surface area contributed by atoms with E-state index in [-0.39, 0.29) is 11.5 Å². The van der Waals surface area contributed by atoms with Crippen molar-refractivity contribution in [2.45, 2.75) is 6.92 Å².